The molecule has 1 unspecified atom stereocenters. The van der Waals surface area contributed by atoms with Gasteiger partial charge in [0.05, 0.1) is 25.5 Å². The molecule has 1 aliphatic heterocycles. The van der Waals surface area contributed by atoms with E-state index in [-0.39, 0.29) is 6.61 Å². The monoisotopic (exact) mass is 843 g/mol. The maximum Gasteiger partial charge on any atom is 0.330 e. The lowest BCUT2D eigenvalue weighted by Crippen LogP contribution is -2.34. The van der Waals surface area contributed by atoms with Crippen LogP contribution in [0, 0.1) is 5.92 Å². The number of allylic oxidation sites excluding steroid dienone is 16. The molecule has 0 spiro atoms. The van der Waals surface area contributed by atoms with Crippen LogP contribution in [0.2, 0.25) is 0 Å². The van der Waals surface area contributed by atoms with Crippen LogP contribution in [0.1, 0.15) is 178 Å². The van der Waals surface area contributed by atoms with Crippen LogP contribution in [-0.2, 0) is 13.8 Å². The van der Waals surface area contributed by atoms with Gasteiger partial charge in [-0.1, -0.05) is 100 Å². The average molecular weight is 843 g/mol. The van der Waals surface area contributed by atoms with Gasteiger partial charge in [0.2, 0.25) is 0 Å². The molecule has 1 fully saturated rings. The molecule has 1 aliphatic rings. The minimum absolute atomic E-state index is 0.134. The predicted octanol–water partition coefficient (Wildman–Crippen LogP) is 13.5. The topological polar surface area (TPSA) is 116 Å². The van der Waals surface area contributed by atoms with Crippen LogP contribution in [0.15, 0.2) is 93.2 Å². The molecule has 0 saturated carbocycles. The fraction of sp³-hybridized carbons (Fsp3) is 0.686. The van der Waals surface area contributed by atoms with E-state index in [1.807, 2.05) is 0 Å². The maximum atomic E-state index is 12.5. The van der Waals surface area contributed by atoms with Crippen molar-refractivity contribution in [3.8, 4) is 0 Å². The number of hydrogen-bond donors (Lipinski definition) is 4. The molecule has 1 heterocycles. The minimum Gasteiger partial charge on any atom is -0.394 e. The van der Waals surface area contributed by atoms with Crippen LogP contribution in [-0.4, -0.2) is 64.0 Å². The molecular weight excluding hydrogens is 756 g/mol. The van der Waals surface area contributed by atoms with Crippen molar-refractivity contribution in [3.63, 3.8) is 0 Å². The Morgan fingerprint density at radius 1 is 0.542 bits per heavy atom. The molecule has 0 aromatic heterocycles. The highest BCUT2D eigenvalue weighted by molar-refractivity contribution is 7.52. The Balaban J connectivity index is 2.22. The second kappa shape index (κ2) is 31.7. The Kier molecular flexibility index (Phi) is 29.5. The van der Waals surface area contributed by atoms with E-state index < -0.39 is 44.8 Å². The van der Waals surface area contributed by atoms with Crippen molar-refractivity contribution in [2.75, 3.05) is 19.4 Å². The Bertz CT molecular complexity index is 1490. The first kappa shape index (κ1) is 54.9. The van der Waals surface area contributed by atoms with E-state index in [0.717, 1.165) is 89.9 Å². The quantitative estimate of drug-likeness (QED) is 0.0406. The summed E-state index contributed by atoms with van der Waals surface area (Å²) in [6.45, 7) is 21.9. The smallest absolute Gasteiger partial charge is 0.330 e. The van der Waals surface area contributed by atoms with E-state index in [2.05, 4.69) is 118 Å². The highest BCUT2D eigenvalue weighted by Gasteiger charge is 2.45. The van der Waals surface area contributed by atoms with E-state index in [1.165, 1.54) is 57.4 Å². The summed E-state index contributed by atoms with van der Waals surface area (Å²) in [6.07, 6.45) is 32.4. The normalized spacial score (nSPS) is 21.9. The molecule has 0 radical (unpaired) electrons. The van der Waals surface area contributed by atoms with E-state index in [9.17, 15) is 24.8 Å². The van der Waals surface area contributed by atoms with Crippen LogP contribution in [0.5, 0.6) is 0 Å². The fourth-order valence-corrected chi connectivity index (χ4v) is 8.40. The second-order valence-electron chi connectivity index (χ2n) is 17.9. The van der Waals surface area contributed by atoms with E-state index in [1.54, 1.807) is 0 Å². The molecule has 0 aromatic carbocycles. The van der Waals surface area contributed by atoms with Crippen molar-refractivity contribution in [2.45, 2.75) is 203 Å². The molecule has 8 heteroatoms. The van der Waals surface area contributed by atoms with Crippen molar-refractivity contribution < 1.29 is 34.0 Å². The van der Waals surface area contributed by atoms with Gasteiger partial charge in [0.1, 0.15) is 18.3 Å². The lowest BCUT2D eigenvalue weighted by atomic mass is 10.0. The zero-order chi connectivity index (χ0) is 44.2. The molecule has 0 aliphatic carbocycles. The first-order valence-electron chi connectivity index (χ1n) is 22.7. The van der Waals surface area contributed by atoms with Gasteiger partial charge in [-0.25, -0.2) is 0 Å². The third kappa shape index (κ3) is 28.2. The SMILES string of the molecule is CC(C)=CCC/C(C)=C/CC/C(C)=C/CC/C(C)=C/CC/C(C)=C/CC/C(C)=C/CC/C(C)=C/CC/C(C)=C/CC[C@H](C)CCOP(=O)(O)C[C@@H]1O[C@H](CO)[C@@H](O)[C@@H]1O. The fourth-order valence-electron chi connectivity index (χ4n) is 7.14. The molecular formula is C51H87O7P. The predicted molar refractivity (Wildman–Crippen MR) is 252 cm³/mol. The molecule has 4 N–H and O–H groups in total. The summed E-state index contributed by atoms with van der Waals surface area (Å²) in [7, 11) is -4.00. The van der Waals surface area contributed by atoms with Crippen LogP contribution in [0.25, 0.3) is 0 Å². The molecule has 59 heavy (non-hydrogen) atoms. The van der Waals surface area contributed by atoms with E-state index in [0.29, 0.717) is 12.3 Å². The van der Waals surface area contributed by atoms with Gasteiger partial charge in [0.25, 0.3) is 0 Å². The van der Waals surface area contributed by atoms with Crippen LogP contribution >= 0.6 is 7.60 Å². The van der Waals surface area contributed by atoms with Crippen LogP contribution < -0.4 is 0 Å². The number of hydrogen-bond acceptors (Lipinski definition) is 6. The third-order valence-corrected chi connectivity index (χ3v) is 12.8. The minimum atomic E-state index is -4.00. The van der Waals surface area contributed by atoms with Gasteiger partial charge in [0.15, 0.2) is 0 Å². The molecule has 1 saturated heterocycles. The molecule has 7 nitrogen and oxygen atoms in total. The lowest BCUT2D eigenvalue weighted by molar-refractivity contribution is -0.0175. The highest BCUT2D eigenvalue weighted by Crippen LogP contribution is 2.45. The highest BCUT2D eigenvalue weighted by atomic mass is 31.2. The zero-order valence-electron chi connectivity index (χ0n) is 39.1. The number of rotatable bonds is 31. The number of ether oxygens (including phenoxy) is 1. The Morgan fingerprint density at radius 3 is 1.19 bits per heavy atom. The van der Waals surface area contributed by atoms with Crippen molar-refractivity contribution in [3.05, 3.63) is 93.2 Å². The van der Waals surface area contributed by atoms with Gasteiger partial charge in [-0.2, -0.15) is 0 Å². The first-order chi connectivity index (χ1) is 27.9. The summed E-state index contributed by atoms with van der Waals surface area (Å²) in [4.78, 5) is 10.2. The molecule has 338 valence electrons. The summed E-state index contributed by atoms with van der Waals surface area (Å²) < 4.78 is 23.1. The average Bonchev–Trinajstić information content (AvgIpc) is 3.41. The second-order valence-corrected chi connectivity index (χ2v) is 19.8. The summed E-state index contributed by atoms with van der Waals surface area (Å²) in [5.74, 6) is 0.326. The van der Waals surface area contributed by atoms with Gasteiger partial charge in [0, 0.05) is 0 Å². The van der Waals surface area contributed by atoms with Crippen LogP contribution in [0.3, 0.4) is 0 Å². The molecule has 0 amide bonds. The standard InChI is InChI=1S/C51H87O7P/c1-39(2)19-11-20-40(3)21-12-22-41(4)23-13-24-42(5)25-14-26-43(6)27-15-28-44(7)29-16-30-45(8)31-17-32-46(9)33-18-34-47(10)35-36-57-59(55,56)38-49-51(54)50(53)48(37-52)58-49/h19,21,23,25,27,29,31,33,47-54H,11-18,20,22,24,26,28,30,32,34-38H2,1-10H3,(H,55,56)/b40-21+,41-23+,42-25+,43-27+,44-29+,45-31+,46-33+/t47-,48+,49-,50+,51+/m0/s1. The van der Waals surface area contributed by atoms with Crippen molar-refractivity contribution in [1.29, 1.82) is 0 Å². The summed E-state index contributed by atoms with van der Waals surface area (Å²) in [5.41, 5.74) is 11.7. The van der Waals surface area contributed by atoms with E-state index >= 15 is 0 Å². The van der Waals surface area contributed by atoms with Gasteiger partial charge < -0.3 is 29.5 Å². The summed E-state index contributed by atoms with van der Waals surface area (Å²) in [6, 6.07) is 0. The van der Waals surface area contributed by atoms with Gasteiger partial charge in [-0.3, -0.25) is 4.57 Å². The Morgan fingerprint density at radius 2 is 0.864 bits per heavy atom. The summed E-state index contributed by atoms with van der Waals surface area (Å²) >= 11 is 0. The molecule has 0 aromatic rings. The largest absolute Gasteiger partial charge is 0.394 e. The van der Waals surface area contributed by atoms with Crippen molar-refractivity contribution in [1.82, 2.24) is 0 Å². The van der Waals surface area contributed by atoms with Gasteiger partial charge in [-0.15, -0.1) is 0 Å². The van der Waals surface area contributed by atoms with Gasteiger partial charge >= 0.3 is 7.60 Å². The lowest BCUT2D eigenvalue weighted by Gasteiger charge is -2.19. The number of aliphatic hydroxyl groups is 3. The Hall–Kier alpha value is -2.09. The first-order valence-corrected chi connectivity index (χ1v) is 24.5. The van der Waals surface area contributed by atoms with Crippen molar-refractivity contribution in [2.24, 2.45) is 5.92 Å². The molecule has 0 bridgehead atoms. The van der Waals surface area contributed by atoms with Crippen LogP contribution in [0.4, 0.5) is 0 Å². The summed E-state index contributed by atoms with van der Waals surface area (Å²) in [5, 5.41) is 29.1. The Labute approximate surface area is 361 Å². The van der Waals surface area contributed by atoms with E-state index in [4.69, 9.17) is 9.26 Å². The zero-order valence-corrected chi connectivity index (χ0v) is 40.0. The van der Waals surface area contributed by atoms with Crippen molar-refractivity contribution >= 4 is 7.60 Å². The third-order valence-electron chi connectivity index (χ3n) is 11.4. The number of aliphatic hydroxyl groups excluding tert-OH is 3. The van der Waals surface area contributed by atoms with Gasteiger partial charge in [-0.05, 0) is 177 Å². The maximum absolute atomic E-state index is 12.5. The molecule has 6 atom stereocenters. The molecule has 1 rings (SSSR count).